The van der Waals surface area contributed by atoms with E-state index >= 15 is 0 Å². The van der Waals surface area contributed by atoms with Crippen LogP contribution in [0.3, 0.4) is 0 Å². The number of aromatic hydroxyl groups is 1. The fourth-order valence-corrected chi connectivity index (χ4v) is 7.42. The molecule has 3 aromatic rings. The summed E-state index contributed by atoms with van der Waals surface area (Å²) in [6.45, 7) is 0.465. The van der Waals surface area contributed by atoms with Crippen molar-refractivity contribution >= 4 is 37.3 Å². The lowest BCUT2D eigenvalue weighted by atomic mass is 9.77. The molecule has 0 radical (unpaired) electrons. The average Bonchev–Trinajstić information content (AvgIpc) is 3.48. The van der Waals surface area contributed by atoms with Crippen LogP contribution in [-0.2, 0) is 16.4 Å². The smallest absolute Gasteiger partial charge is 0.264 e. The van der Waals surface area contributed by atoms with Crippen LogP contribution >= 0.6 is 15.9 Å². The number of anilines is 2. The Morgan fingerprint density at radius 2 is 1.88 bits per heavy atom. The Bertz CT molecular complexity index is 1400. The Hall–Kier alpha value is -2.77. The van der Waals surface area contributed by atoms with Crippen molar-refractivity contribution in [3.8, 4) is 5.75 Å². The topological polar surface area (TPSA) is 69.6 Å². The summed E-state index contributed by atoms with van der Waals surface area (Å²) in [4.78, 5) is 0.322. The van der Waals surface area contributed by atoms with Gasteiger partial charge in [0.15, 0.2) is 0 Å². The minimum absolute atomic E-state index is 0.0667. The first kappa shape index (κ1) is 20.8. The summed E-state index contributed by atoms with van der Waals surface area (Å²) in [6, 6.07) is 18.5. The number of para-hydroxylation sites is 1. The summed E-state index contributed by atoms with van der Waals surface area (Å²) in [5, 5.41) is 14.1. The fraction of sp³-hybridized carbons (Fsp3) is 0.231. The minimum atomic E-state index is -3.66. The van der Waals surface area contributed by atoms with Crippen molar-refractivity contribution in [2.45, 2.75) is 29.7 Å². The van der Waals surface area contributed by atoms with E-state index in [9.17, 15) is 13.5 Å². The van der Waals surface area contributed by atoms with Crippen LogP contribution in [0.25, 0.3) is 0 Å². The molecule has 0 spiro atoms. The largest absolute Gasteiger partial charge is 0.508 e. The number of hydrogen-bond acceptors (Lipinski definition) is 4. The van der Waals surface area contributed by atoms with Crippen LogP contribution in [0.4, 0.5) is 11.4 Å². The lowest BCUT2D eigenvalue weighted by molar-refractivity contribution is 0.402. The second kappa shape index (κ2) is 7.64. The molecule has 2 aliphatic heterocycles. The fourth-order valence-electron chi connectivity index (χ4n) is 5.50. The highest BCUT2D eigenvalue weighted by molar-refractivity contribution is 9.10. The maximum atomic E-state index is 13.6. The van der Waals surface area contributed by atoms with Gasteiger partial charge in [-0.05, 0) is 72.4 Å². The van der Waals surface area contributed by atoms with Crippen LogP contribution in [-0.4, -0.2) is 20.1 Å². The van der Waals surface area contributed by atoms with Gasteiger partial charge in [-0.2, -0.15) is 0 Å². The van der Waals surface area contributed by atoms with Crippen LogP contribution in [0.15, 0.2) is 82.2 Å². The van der Waals surface area contributed by atoms with Crippen LogP contribution in [0.1, 0.15) is 35.1 Å². The first-order chi connectivity index (χ1) is 15.9. The summed E-state index contributed by atoms with van der Waals surface area (Å²) < 4.78 is 29.6. The predicted octanol–water partition coefficient (Wildman–Crippen LogP) is 5.73. The van der Waals surface area contributed by atoms with Crippen molar-refractivity contribution in [2.24, 2.45) is 5.92 Å². The van der Waals surface area contributed by atoms with Gasteiger partial charge in [0.2, 0.25) is 0 Å². The first-order valence-electron chi connectivity index (χ1n) is 11.1. The molecular weight excluding hydrogens is 500 g/mol. The molecule has 33 heavy (non-hydrogen) atoms. The summed E-state index contributed by atoms with van der Waals surface area (Å²) in [7, 11) is -3.66. The molecule has 0 amide bonds. The number of phenolic OH excluding ortho intramolecular Hbond substituents is 1. The lowest BCUT2D eigenvalue weighted by Gasteiger charge is -2.38. The van der Waals surface area contributed by atoms with Gasteiger partial charge in [-0.25, -0.2) is 8.42 Å². The van der Waals surface area contributed by atoms with Gasteiger partial charge < -0.3 is 10.4 Å². The van der Waals surface area contributed by atoms with Gasteiger partial charge in [-0.15, -0.1) is 0 Å². The number of hydrogen-bond donors (Lipinski definition) is 2. The van der Waals surface area contributed by atoms with E-state index in [0.29, 0.717) is 11.4 Å². The molecule has 7 heteroatoms. The van der Waals surface area contributed by atoms with Gasteiger partial charge in [0, 0.05) is 28.2 Å². The van der Waals surface area contributed by atoms with E-state index in [0.717, 1.165) is 45.4 Å². The summed E-state index contributed by atoms with van der Waals surface area (Å²) in [6.07, 6.45) is 5.93. The zero-order valence-electron chi connectivity index (χ0n) is 17.8. The molecule has 3 atom stereocenters. The number of sulfonamides is 1. The van der Waals surface area contributed by atoms with E-state index < -0.39 is 10.0 Å². The van der Waals surface area contributed by atoms with Crippen molar-refractivity contribution in [1.29, 1.82) is 0 Å². The Balaban J connectivity index is 1.40. The molecule has 0 saturated carbocycles. The van der Waals surface area contributed by atoms with Crippen LogP contribution in [0.2, 0.25) is 0 Å². The summed E-state index contributed by atoms with van der Waals surface area (Å²) in [5.74, 6) is 0.547. The van der Waals surface area contributed by atoms with Gasteiger partial charge in [-0.1, -0.05) is 46.3 Å². The molecule has 5 nitrogen and oxygen atoms in total. The molecule has 168 valence electrons. The van der Waals surface area contributed by atoms with Crippen molar-refractivity contribution in [3.05, 3.63) is 94.0 Å². The number of rotatable bonds is 3. The molecule has 0 fully saturated rings. The van der Waals surface area contributed by atoms with E-state index in [1.165, 1.54) is 4.31 Å². The van der Waals surface area contributed by atoms with Gasteiger partial charge in [0.05, 0.1) is 16.6 Å². The molecule has 6 rings (SSSR count). The van der Waals surface area contributed by atoms with Crippen molar-refractivity contribution in [3.63, 3.8) is 0 Å². The first-order valence-corrected chi connectivity index (χ1v) is 13.3. The molecule has 2 heterocycles. The highest BCUT2D eigenvalue weighted by atomic mass is 79.9. The number of allylic oxidation sites excluding steroid dienone is 2. The number of nitrogens with one attached hydrogen (secondary N) is 1. The Morgan fingerprint density at radius 1 is 1.03 bits per heavy atom. The Labute approximate surface area is 201 Å². The quantitative estimate of drug-likeness (QED) is 0.430. The second-order valence-electron chi connectivity index (χ2n) is 8.88. The van der Waals surface area contributed by atoms with Gasteiger partial charge in [0.25, 0.3) is 10.0 Å². The zero-order valence-corrected chi connectivity index (χ0v) is 20.2. The predicted molar refractivity (Wildman–Crippen MR) is 133 cm³/mol. The number of benzene rings is 3. The van der Waals surface area contributed by atoms with Gasteiger partial charge in [-0.3, -0.25) is 4.31 Å². The zero-order chi connectivity index (χ0) is 22.7. The van der Waals surface area contributed by atoms with Crippen molar-refractivity contribution in [1.82, 2.24) is 0 Å². The average molecular weight is 523 g/mol. The number of fused-ring (bicyclic) bond motifs is 4. The van der Waals surface area contributed by atoms with E-state index in [1.807, 2.05) is 48.5 Å². The van der Waals surface area contributed by atoms with E-state index in [2.05, 4.69) is 33.4 Å². The molecule has 2 N–H and O–H groups in total. The monoisotopic (exact) mass is 522 g/mol. The van der Waals surface area contributed by atoms with Crippen LogP contribution in [0.5, 0.6) is 5.75 Å². The van der Waals surface area contributed by atoms with Crippen molar-refractivity contribution < 1.29 is 13.5 Å². The minimum Gasteiger partial charge on any atom is -0.508 e. The normalized spacial score (nSPS) is 23.1. The van der Waals surface area contributed by atoms with Gasteiger partial charge in [0.1, 0.15) is 5.75 Å². The van der Waals surface area contributed by atoms with Crippen LogP contribution in [0, 0.1) is 5.92 Å². The molecule has 0 aromatic heterocycles. The van der Waals surface area contributed by atoms with E-state index in [-0.39, 0.29) is 23.6 Å². The third-order valence-corrected chi connectivity index (χ3v) is 9.39. The number of phenols is 1. The SMILES string of the molecule is O=S(=O)(c1ccc2c(c1)C1C=CCC1C(c1cc(Br)ccc1O)N2)N1CCc2ccccc21. The van der Waals surface area contributed by atoms with E-state index in [4.69, 9.17) is 0 Å². The number of halogens is 1. The second-order valence-corrected chi connectivity index (χ2v) is 11.7. The highest BCUT2D eigenvalue weighted by Crippen LogP contribution is 2.52. The Morgan fingerprint density at radius 3 is 2.76 bits per heavy atom. The lowest BCUT2D eigenvalue weighted by Crippen LogP contribution is -2.31. The molecule has 1 aliphatic carbocycles. The standard InChI is InChI=1S/C26H23BrN2O3S/c27-17-8-11-25(30)22(14-17)26-20-6-3-5-19(20)21-15-18(9-10-23(21)28-26)33(31,32)29-13-12-16-4-1-2-7-24(16)29/h1-5,7-11,14-15,19-20,26,28,30H,6,12-13H2. The third kappa shape index (κ3) is 3.28. The molecule has 3 unspecified atom stereocenters. The van der Waals surface area contributed by atoms with Crippen molar-refractivity contribution in [2.75, 3.05) is 16.2 Å². The maximum Gasteiger partial charge on any atom is 0.264 e. The third-order valence-electron chi connectivity index (χ3n) is 7.09. The molecule has 3 aliphatic rings. The van der Waals surface area contributed by atoms with Gasteiger partial charge >= 0.3 is 0 Å². The van der Waals surface area contributed by atoms with E-state index in [1.54, 1.807) is 12.1 Å². The number of nitrogens with zero attached hydrogens (tertiary/aromatic N) is 1. The molecular formula is C26H23BrN2O3S. The molecule has 0 bridgehead atoms. The van der Waals surface area contributed by atoms with Crippen LogP contribution < -0.4 is 9.62 Å². The highest BCUT2D eigenvalue weighted by Gasteiger charge is 2.40. The molecule has 0 saturated heterocycles. The molecule has 3 aromatic carbocycles. The summed E-state index contributed by atoms with van der Waals surface area (Å²) in [5.41, 5.74) is 4.59. The maximum absolute atomic E-state index is 13.6. The Kier molecular flexibility index (Phi) is 4.82. The summed E-state index contributed by atoms with van der Waals surface area (Å²) >= 11 is 3.52.